The Morgan fingerprint density at radius 3 is 2.94 bits per heavy atom. The van der Waals surface area contributed by atoms with Gasteiger partial charge in [0, 0.05) is 18.7 Å². The first-order valence-electron chi connectivity index (χ1n) is 6.57. The molecular formula is C14H25NO2. The molecule has 0 atom stereocenters. The molecular weight excluding hydrogens is 214 g/mol. The van der Waals surface area contributed by atoms with Crippen LogP contribution in [0.25, 0.3) is 0 Å². The van der Waals surface area contributed by atoms with E-state index in [0.29, 0.717) is 12.5 Å². The molecule has 1 N–H and O–H groups in total. The summed E-state index contributed by atoms with van der Waals surface area (Å²) in [5, 5.41) is 3.37. The minimum absolute atomic E-state index is 0.586. The molecule has 0 aliphatic rings. The fourth-order valence-electron chi connectivity index (χ4n) is 1.53. The maximum absolute atomic E-state index is 5.61. The smallest absolute Gasteiger partial charge is 0.133 e. The lowest BCUT2D eigenvalue weighted by atomic mass is 10.1. The molecule has 1 heterocycles. The Hall–Kier alpha value is -0.800. The van der Waals surface area contributed by atoms with E-state index in [2.05, 4.69) is 26.1 Å². The summed E-state index contributed by atoms with van der Waals surface area (Å²) in [6, 6.07) is 2.02. The standard InChI is InChI=1S/C14H25NO2/c1-4-7-15-10-13-6-9-17-14(13)11-16-8-5-12(2)3/h6,9,12,15H,4-5,7-8,10-11H2,1-3H3. The van der Waals surface area contributed by atoms with Crippen LogP contribution in [-0.2, 0) is 17.9 Å². The summed E-state index contributed by atoms with van der Waals surface area (Å²) in [5.74, 6) is 1.65. The average molecular weight is 239 g/mol. The summed E-state index contributed by atoms with van der Waals surface area (Å²) < 4.78 is 11.1. The van der Waals surface area contributed by atoms with E-state index in [1.807, 2.05) is 6.07 Å². The monoisotopic (exact) mass is 239 g/mol. The SMILES string of the molecule is CCCNCc1ccoc1COCCC(C)C. The molecule has 0 fully saturated rings. The van der Waals surface area contributed by atoms with Gasteiger partial charge in [-0.1, -0.05) is 20.8 Å². The van der Waals surface area contributed by atoms with Crippen molar-refractivity contribution >= 4 is 0 Å². The van der Waals surface area contributed by atoms with Crippen LogP contribution in [0.1, 0.15) is 44.9 Å². The minimum Gasteiger partial charge on any atom is -0.467 e. The predicted octanol–water partition coefficient (Wildman–Crippen LogP) is 3.34. The van der Waals surface area contributed by atoms with Gasteiger partial charge in [0.1, 0.15) is 12.4 Å². The van der Waals surface area contributed by atoms with Gasteiger partial charge >= 0.3 is 0 Å². The van der Waals surface area contributed by atoms with Crippen LogP contribution in [0.5, 0.6) is 0 Å². The Morgan fingerprint density at radius 2 is 2.24 bits per heavy atom. The van der Waals surface area contributed by atoms with Gasteiger partial charge in [-0.25, -0.2) is 0 Å². The first kappa shape index (κ1) is 14.3. The van der Waals surface area contributed by atoms with Gasteiger partial charge in [0.15, 0.2) is 0 Å². The van der Waals surface area contributed by atoms with Crippen LogP contribution < -0.4 is 5.32 Å². The molecule has 1 aromatic heterocycles. The van der Waals surface area contributed by atoms with E-state index < -0.39 is 0 Å². The molecule has 0 saturated heterocycles. The predicted molar refractivity (Wildman–Crippen MR) is 69.8 cm³/mol. The molecule has 0 aliphatic carbocycles. The van der Waals surface area contributed by atoms with Crippen molar-refractivity contribution in [2.45, 2.75) is 46.8 Å². The van der Waals surface area contributed by atoms with Gasteiger partial charge in [0.25, 0.3) is 0 Å². The highest BCUT2D eigenvalue weighted by molar-refractivity contribution is 5.16. The molecule has 98 valence electrons. The van der Waals surface area contributed by atoms with Crippen molar-refractivity contribution in [3.63, 3.8) is 0 Å². The summed E-state index contributed by atoms with van der Waals surface area (Å²) in [6.45, 7) is 9.88. The van der Waals surface area contributed by atoms with Gasteiger partial charge in [0.2, 0.25) is 0 Å². The van der Waals surface area contributed by atoms with Crippen molar-refractivity contribution in [2.24, 2.45) is 5.92 Å². The second-order valence-corrected chi connectivity index (χ2v) is 4.78. The molecule has 3 heteroatoms. The summed E-state index contributed by atoms with van der Waals surface area (Å²) in [5.41, 5.74) is 1.21. The van der Waals surface area contributed by atoms with Gasteiger partial charge in [-0.2, -0.15) is 0 Å². The fourth-order valence-corrected chi connectivity index (χ4v) is 1.53. The van der Waals surface area contributed by atoms with Crippen molar-refractivity contribution in [1.29, 1.82) is 0 Å². The van der Waals surface area contributed by atoms with Gasteiger partial charge in [-0.15, -0.1) is 0 Å². The lowest BCUT2D eigenvalue weighted by molar-refractivity contribution is 0.0962. The largest absolute Gasteiger partial charge is 0.467 e. The van der Waals surface area contributed by atoms with Crippen molar-refractivity contribution in [1.82, 2.24) is 5.32 Å². The highest BCUT2D eigenvalue weighted by Crippen LogP contribution is 2.12. The first-order chi connectivity index (χ1) is 8.24. The van der Waals surface area contributed by atoms with Gasteiger partial charge in [-0.3, -0.25) is 0 Å². The third-order valence-corrected chi connectivity index (χ3v) is 2.65. The van der Waals surface area contributed by atoms with E-state index in [0.717, 1.165) is 38.3 Å². The topological polar surface area (TPSA) is 34.4 Å². The third kappa shape index (κ3) is 5.89. The third-order valence-electron chi connectivity index (χ3n) is 2.65. The fraction of sp³-hybridized carbons (Fsp3) is 0.714. The van der Waals surface area contributed by atoms with Crippen molar-refractivity contribution < 1.29 is 9.15 Å². The number of nitrogens with one attached hydrogen (secondary N) is 1. The molecule has 0 aromatic carbocycles. The van der Waals surface area contributed by atoms with Crippen LogP contribution in [-0.4, -0.2) is 13.2 Å². The van der Waals surface area contributed by atoms with Gasteiger partial charge in [0.05, 0.1) is 6.26 Å². The highest BCUT2D eigenvalue weighted by atomic mass is 16.5. The second-order valence-electron chi connectivity index (χ2n) is 4.78. The van der Waals surface area contributed by atoms with E-state index in [-0.39, 0.29) is 0 Å². The van der Waals surface area contributed by atoms with Crippen molar-refractivity contribution in [3.05, 3.63) is 23.7 Å². The maximum atomic E-state index is 5.61. The lowest BCUT2D eigenvalue weighted by Gasteiger charge is -2.07. The molecule has 0 saturated carbocycles. The zero-order chi connectivity index (χ0) is 12.5. The molecule has 0 unspecified atom stereocenters. The average Bonchev–Trinajstić information content (AvgIpc) is 2.72. The number of furan rings is 1. The van der Waals surface area contributed by atoms with Crippen molar-refractivity contribution in [2.75, 3.05) is 13.2 Å². The quantitative estimate of drug-likeness (QED) is 0.671. The maximum Gasteiger partial charge on any atom is 0.133 e. The van der Waals surface area contributed by atoms with Crippen molar-refractivity contribution in [3.8, 4) is 0 Å². The molecule has 1 aromatic rings. The molecule has 0 aliphatic heterocycles. The number of hydrogen-bond donors (Lipinski definition) is 1. The molecule has 0 radical (unpaired) electrons. The number of ether oxygens (including phenoxy) is 1. The Balaban J connectivity index is 2.25. The molecule has 1 rings (SSSR count). The summed E-state index contributed by atoms with van der Waals surface area (Å²) in [6.07, 6.45) is 3.99. The van der Waals surface area contributed by atoms with E-state index in [4.69, 9.17) is 9.15 Å². The van der Waals surface area contributed by atoms with E-state index in [9.17, 15) is 0 Å². The number of hydrogen-bond acceptors (Lipinski definition) is 3. The van der Waals surface area contributed by atoms with Crippen LogP contribution in [0, 0.1) is 5.92 Å². The Morgan fingerprint density at radius 1 is 1.41 bits per heavy atom. The Bertz CT molecular complexity index is 294. The molecule has 0 bridgehead atoms. The highest BCUT2D eigenvalue weighted by Gasteiger charge is 2.06. The second kappa shape index (κ2) is 8.31. The molecule has 17 heavy (non-hydrogen) atoms. The van der Waals surface area contributed by atoms with Gasteiger partial charge < -0.3 is 14.5 Å². The number of rotatable bonds is 9. The molecule has 3 nitrogen and oxygen atoms in total. The zero-order valence-electron chi connectivity index (χ0n) is 11.3. The van der Waals surface area contributed by atoms with E-state index >= 15 is 0 Å². The minimum atomic E-state index is 0.586. The summed E-state index contributed by atoms with van der Waals surface area (Å²) in [7, 11) is 0. The van der Waals surface area contributed by atoms with Crippen LogP contribution in [0.3, 0.4) is 0 Å². The first-order valence-corrected chi connectivity index (χ1v) is 6.57. The van der Waals surface area contributed by atoms with E-state index in [1.54, 1.807) is 6.26 Å². The van der Waals surface area contributed by atoms with Crippen LogP contribution in [0.4, 0.5) is 0 Å². The molecule has 0 spiro atoms. The Labute approximate surface area is 105 Å². The summed E-state index contributed by atoms with van der Waals surface area (Å²) >= 11 is 0. The van der Waals surface area contributed by atoms with Crippen LogP contribution >= 0.6 is 0 Å². The van der Waals surface area contributed by atoms with Gasteiger partial charge in [-0.05, 0) is 31.4 Å². The lowest BCUT2D eigenvalue weighted by Crippen LogP contribution is -2.14. The van der Waals surface area contributed by atoms with Crippen LogP contribution in [0.15, 0.2) is 16.7 Å². The summed E-state index contributed by atoms with van der Waals surface area (Å²) in [4.78, 5) is 0. The normalized spacial score (nSPS) is 11.3. The zero-order valence-corrected chi connectivity index (χ0v) is 11.3. The van der Waals surface area contributed by atoms with E-state index in [1.165, 1.54) is 5.56 Å². The Kier molecular flexibility index (Phi) is 6.97. The molecule has 0 amide bonds. The van der Waals surface area contributed by atoms with Crippen LogP contribution in [0.2, 0.25) is 0 Å².